The summed E-state index contributed by atoms with van der Waals surface area (Å²) >= 11 is 0. The number of fused-ring (bicyclic) bond motifs is 1. The molecular formula is C15H14N2O2. The van der Waals surface area contributed by atoms with Gasteiger partial charge in [-0.2, -0.15) is 0 Å². The molecule has 0 bridgehead atoms. The summed E-state index contributed by atoms with van der Waals surface area (Å²) in [6, 6.07) is 15.4. The van der Waals surface area contributed by atoms with Crippen LogP contribution in [-0.4, -0.2) is 11.0 Å². The van der Waals surface area contributed by atoms with Crippen molar-refractivity contribution >= 4 is 11.4 Å². The first-order chi connectivity index (χ1) is 9.22. The zero-order chi connectivity index (χ0) is 13.2. The molecule has 2 aromatic rings. The maximum atomic E-state index is 10.6. The number of nitrogens with one attached hydrogen (secondary N) is 1. The molecule has 1 aliphatic carbocycles. The Labute approximate surface area is 111 Å². The molecule has 2 aromatic carbocycles. The van der Waals surface area contributed by atoms with E-state index in [0.717, 1.165) is 18.5 Å². The molecule has 0 saturated carbocycles. The number of nitro groups is 1. The van der Waals surface area contributed by atoms with Crippen molar-refractivity contribution in [2.24, 2.45) is 0 Å². The van der Waals surface area contributed by atoms with E-state index in [1.807, 2.05) is 0 Å². The van der Waals surface area contributed by atoms with E-state index in [2.05, 4.69) is 29.6 Å². The summed E-state index contributed by atoms with van der Waals surface area (Å²) in [5.41, 5.74) is 3.84. The Hall–Kier alpha value is -2.36. The molecule has 0 spiro atoms. The van der Waals surface area contributed by atoms with Gasteiger partial charge in [-0.3, -0.25) is 10.1 Å². The summed E-state index contributed by atoms with van der Waals surface area (Å²) in [4.78, 5) is 10.2. The highest BCUT2D eigenvalue weighted by molar-refractivity contribution is 5.50. The van der Waals surface area contributed by atoms with Crippen LogP contribution in [0.2, 0.25) is 0 Å². The summed E-state index contributed by atoms with van der Waals surface area (Å²) in [7, 11) is 0. The van der Waals surface area contributed by atoms with Crippen molar-refractivity contribution in [3.63, 3.8) is 0 Å². The van der Waals surface area contributed by atoms with E-state index in [4.69, 9.17) is 0 Å². The standard InChI is InChI=1S/C15H14N2O2/c18-17(19)15-7-5-13(6-8-15)16-14-9-11-3-1-2-4-12(11)10-14/h1-8,14,16H,9-10H2. The van der Waals surface area contributed by atoms with Crippen molar-refractivity contribution in [1.29, 1.82) is 0 Å². The number of anilines is 1. The van der Waals surface area contributed by atoms with E-state index >= 15 is 0 Å². The second kappa shape index (κ2) is 4.72. The SMILES string of the molecule is O=[N+]([O-])c1ccc(NC2Cc3ccccc3C2)cc1. The maximum absolute atomic E-state index is 10.6. The quantitative estimate of drug-likeness (QED) is 0.676. The van der Waals surface area contributed by atoms with E-state index < -0.39 is 0 Å². The smallest absolute Gasteiger partial charge is 0.269 e. The maximum Gasteiger partial charge on any atom is 0.269 e. The Morgan fingerprint density at radius 2 is 1.58 bits per heavy atom. The fourth-order valence-electron chi connectivity index (χ4n) is 2.58. The molecule has 0 fully saturated rings. The molecule has 4 heteroatoms. The van der Waals surface area contributed by atoms with Gasteiger partial charge >= 0.3 is 0 Å². The van der Waals surface area contributed by atoms with Crippen molar-refractivity contribution in [1.82, 2.24) is 0 Å². The summed E-state index contributed by atoms with van der Waals surface area (Å²) in [6.07, 6.45) is 2.01. The van der Waals surface area contributed by atoms with Crippen molar-refractivity contribution < 1.29 is 4.92 Å². The average Bonchev–Trinajstić information content (AvgIpc) is 2.81. The van der Waals surface area contributed by atoms with Gasteiger partial charge in [0.25, 0.3) is 5.69 Å². The summed E-state index contributed by atoms with van der Waals surface area (Å²) in [5.74, 6) is 0. The van der Waals surface area contributed by atoms with Gasteiger partial charge in [-0.05, 0) is 36.1 Å². The van der Waals surface area contributed by atoms with Gasteiger partial charge in [0.2, 0.25) is 0 Å². The Kier molecular flexibility index (Phi) is 2.91. The minimum absolute atomic E-state index is 0.125. The summed E-state index contributed by atoms with van der Waals surface area (Å²) in [5, 5.41) is 14.0. The fourth-order valence-corrected chi connectivity index (χ4v) is 2.58. The highest BCUT2D eigenvalue weighted by atomic mass is 16.6. The van der Waals surface area contributed by atoms with Crippen LogP contribution in [-0.2, 0) is 12.8 Å². The highest BCUT2D eigenvalue weighted by Gasteiger charge is 2.20. The topological polar surface area (TPSA) is 55.2 Å². The molecule has 0 amide bonds. The molecule has 0 aromatic heterocycles. The summed E-state index contributed by atoms with van der Waals surface area (Å²) in [6.45, 7) is 0. The normalized spacial score (nSPS) is 14.1. The third kappa shape index (κ3) is 2.42. The van der Waals surface area contributed by atoms with E-state index in [1.54, 1.807) is 12.1 Å². The Morgan fingerprint density at radius 3 is 2.11 bits per heavy atom. The number of rotatable bonds is 3. The molecule has 0 saturated heterocycles. The third-order valence-corrected chi connectivity index (χ3v) is 3.50. The Balaban J connectivity index is 1.69. The van der Waals surface area contributed by atoms with E-state index in [-0.39, 0.29) is 10.6 Å². The molecular weight excluding hydrogens is 240 g/mol. The lowest BCUT2D eigenvalue weighted by Crippen LogP contribution is -2.19. The average molecular weight is 254 g/mol. The van der Waals surface area contributed by atoms with Crippen LogP contribution in [0.25, 0.3) is 0 Å². The molecule has 4 nitrogen and oxygen atoms in total. The predicted molar refractivity (Wildman–Crippen MR) is 74.4 cm³/mol. The minimum atomic E-state index is -0.380. The molecule has 0 aliphatic heterocycles. The van der Waals surface area contributed by atoms with Crippen LogP contribution >= 0.6 is 0 Å². The lowest BCUT2D eigenvalue weighted by Gasteiger charge is -2.13. The van der Waals surface area contributed by atoms with Gasteiger partial charge in [-0.15, -0.1) is 0 Å². The van der Waals surface area contributed by atoms with Gasteiger partial charge < -0.3 is 5.32 Å². The Morgan fingerprint density at radius 1 is 1.00 bits per heavy atom. The van der Waals surface area contributed by atoms with E-state index in [0.29, 0.717) is 6.04 Å². The zero-order valence-electron chi connectivity index (χ0n) is 10.4. The number of nitro benzene ring substituents is 1. The van der Waals surface area contributed by atoms with Gasteiger partial charge in [-0.25, -0.2) is 0 Å². The van der Waals surface area contributed by atoms with Crippen LogP contribution in [0.4, 0.5) is 11.4 Å². The molecule has 3 rings (SSSR count). The second-order valence-corrected chi connectivity index (χ2v) is 4.82. The summed E-state index contributed by atoms with van der Waals surface area (Å²) < 4.78 is 0. The lowest BCUT2D eigenvalue weighted by molar-refractivity contribution is -0.384. The first-order valence-electron chi connectivity index (χ1n) is 6.30. The number of nitrogens with zero attached hydrogens (tertiary/aromatic N) is 1. The van der Waals surface area contributed by atoms with Gasteiger partial charge in [0.1, 0.15) is 0 Å². The van der Waals surface area contributed by atoms with Crippen molar-refractivity contribution in [3.05, 3.63) is 69.8 Å². The van der Waals surface area contributed by atoms with Crippen molar-refractivity contribution in [2.45, 2.75) is 18.9 Å². The van der Waals surface area contributed by atoms with Crippen LogP contribution < -0.4 is 5.32 Å². The highest BCUT2D eigenvalue weighted by Crippen LogP contribution is 2.25. The largest absolute Gasteiger partial charge is 0.382 e. The molecule has 0 radical (unpaired) electrons. The van der Waals surface area contributed by atoms with Gasteiger partial charge in [0.15, 0.2) is 0 Å². The van der Waals surface area contributed by atoms with Gasteiger partial charge in [-0.1, -0.05) is 24.3 Å². The first-order valence-corrected chi connectivity index (χ1v) is 6.30. The monoisotopic (exact) mass is 254 g/mol. The van der Waals surface area contributed by atoms with Crippen LogP contribution in [0.3, 0.4) is 0 Å². The number of non-ortho nitro benzene ring substituents is 1. The molecule has 96 valence electrons. The fraction of sp³-hybridized carbons (Fsp3) is 0.200. The second-order valence-electron chi connectivity index (χ2n) is 4.82. The van der Waals surface area contributed by atoms with E-state index in [9.17, 15) is 10.1 Å². The third-order valence-electron chi connectivity index (χ3n) is 3.50. The number of benzene rings is 2. The van der Waals surface area contributed by atoms with Crippen LogP contribution in [0.5, 0.6) is 0 Å². The minimum Gasteiger partial charge on any atom is -0.382 e. The molecule has 1 N–H and O–H groups in total. The van der Waals surface area contributed by atoms with Gasteiger partial charge in [0, 0.05) is 23.9 Å². The zero-order valence-corrected chi connectivity index (χ0v) is 10.4. The molecule has 0 unspecified atom stereocenters. The molecule has 0 heterocycles. The van der Waals surface area contributed by atoms with Crippen LogP contribution in [0.15, 0.2) is 48.5 Å². The van der Waals surface area contributed by atoms with Crippen molar-refractivity contribution in [2.75, 3.05) is 5.32 Å². The van der Waals surface area contributed by atoms with Crippen LogP contribution in [0, 0.1) is 10.1 Å². The van der Waals surface area contributed by atoms with E-state index in [1.165, 1.54) is 23.3 Å². The first kappa shape index (κ1) is 11.7. The Bertz CT molecular complexity index is 583. The number of hydrogen-bond acceptors (Lipinski definition) is 3. The van der Waals surface area contributed by atoms with Crippen LogP contribution in [0.1, 0.15) is 11.1 Å². The predicted octanol–water partition coefficient (Wildman–Crippen LogP) is 3.17. The molecule has 1 aliphatic rings. The molecule has 0 atom stereocenters. The number of hydrogen-bond donors (Lipinski definition) is 1. The molecule has 19 heavy (non-hydrogen) atoms. The van der Waals surface area contributed by atoms with Crippen molar-refractivity contribution in [3.8, 4) is 0 Å². The van der Waals surface area contributed by atoms with Gasteiger partial charge in [0.05, 0.1) is 4.92 Å². The lowest BCUT2D eigenvalue weighted by atomic mass is 10.1.